The SMILES string of the molecule is Cl.c1ccc(-c2cc(C3CCNCC3)[nH]n2)cc1. The Morgan fingerprint density at radius 2 is 1.78 bits per heavy atom. The van der Waals surface area contributed by atoms with Gasteiger partial charge >= 0.3 is 0 Å². The Labute approximate surface area is 113 Å². The van der Waals surface area contributed by atoms with Crippen molar-refractivity contribution in [3.8, 4) is 11.3 Å². The van der Waals surface area contributed by atoms with Gasteiger partial charge in [0.1, 0.15) is 0 Å². The van der Waals surface area contributed by atoms with Crippen molar-refractivity contribution in [3.63, 3.8) is 0 Å². The van der Waals surface area contributed by atoms with E-state index in [1.165, 1.54) is 24.1 Å². The van der Waals surface area contributed by atoms with Crippen molar-refractivity contribution >= 4 is 12.4 Å². The van der Waals surface area contributed by atoms with Crippen LogP contribution in [0.2, 0.25) is 0 Å². The molecule has 2 heterocycles. The van der Waals surface area contributed by atoms with Crippen LogP contribution in [0, 0.1) is 0 Å². The molecule has 1 aromatic carbocycles. The number of rotatable bonds is 2. The number of halogens is 1. The van der Waals surface area contributed by atoms with Crippen LogP contribution in [0.5, 0.6) is 0 Å². The fourth-order valence-electron chi connectivity index (χ4n) is 2.44. The zero-order valence-corrected chi connectivity index (χ0v) is 11.0. The quantitative estimate of drug-likeness (QED) is 0.875. The lowest BCUT2D eigenvalue weighted by Crippen LogP contribution is -2.26. The second-order valence-corrected chi connectivity index (χ2v) is 4.60. The van der Waals surface area contributed by atoms with Crippen LogP contribution >= 0.6 is 12.4 Å². The van der Waals surface area contributed by atoms with Crippen molar-refractivity contribution in [2.24, 2.45) is 0 Å². The van der Waals surface area contributed by atoms with Crippen LogP contribution in [0.1, 0.15) is 24.5 Å². The van der Waals surface area contributed by atoms with Gasteiger partial charge in [0.15, 0.2) is 0 Å². The number of aromatic nitrogens is 2. The Morgan fingerprint density at radius 1 is 1.06 bits per heavy atom. The van der Waals surface area contributed by atoms with Crippen molar-refractivity contribution in [1.29, 1.82) is 0 Å². The first kappa shape index (κ1) is 13.1. The van der Waals surface area contributed by atoms with Gasteiger partial charge in [0.2, 0.25) is 0 Å². The molecule has 3 rings (SSSR count). The molecule has 0 bridgehead atoms. The van der Waals surface area contributed by atoms with Crippen LogP contribution in [-0.4, -0.2) is 23.3 Å². The Hall–Kier alpha value is -1.32. The van der Waals surface area contributed by atoms with Crippen LogP contribution in [0.4, 0.5) is 0 Å². The predicted molar refractivity (Wildman–Crippen MR) is 76.1 cm³/mol. The molecule has 1 fully saturated rings. The van der Waals surface area contributed by atoms with Gasteiger partial charge in [0, 0.05) is 17.2 Å². The fourth-order valence-corrected chi connectivity index (χ4v) is 2.44. The second-order valence-electron chi connectivity index (χ2n) is 4.60. The monoisotopic (exact) mass is 263 g/mol. The minimum Gasteiger partial charge on any atom is -0.317 e. The molecule has 2 N–H and O–H groups in total. The number of benzene rings is 1. The van der Waals surface area contributed by atoms with Gasteiger partial charge in [-0.05, 0) is 32.0 Å². The molecule has 0 saturated carbocycles. The number of aromatic amines is 1. The molecular weight excluding hydrogens is 246 g/mol. The number of nitrogens with one attached hydrogen (secondary N) is 2. The molecule has 1 aliphatic heterocycles. The number of hydrogen-bond donors (Lipinski definition) is 2. The van der Waals surface area contributed by atoms with E-state index in [4.69, 9.17) is 0 Å². The molecule has 3 nitrogen and oxygen atoms in total. The molecule has 0 unspecified atom stereocenters. The third-order valence-electron chi connectivity index (χ3n) is 3.45. The summed E-state index contributed by atoms with van der Waals surface area (Å²) in [6.45, 7) is 2.23. The summed E-state index contributed by atoms with van der Waals surface area (Å²) in [7, 11) is 0. The first-order chi connectivity index (χ1) is 8.43. The lowest BCUT2D eigenvalue weighted by molar-refractivity contribution is 0.453. The summed E-state index contributed by atoms with van der Waals surface area (Å²) >= 11 is 0. The molecule has 1 saturated heterocycles. The molecule has 0 spiro atoms. The van der Waals surface area contributed by atoms with Crippen LogP contribution < -0.4 is 5.32 Å². The topological polar surface area (TPSA) is 40.7 Å². The van der Waals surface area contributed by atoms with E-state index in [1.807, 2.05) is 18.2 Å². The van der Waals surface area contributed by atoms with Crippen molar-refractivity contribution in [2.75, 3.05) is 13.1 Å². The molecule has 0 aliphatic carbocycles. The normalized spacial score (nSPS) is 16.2. The van der Waals surface area contributed by atoms with Crippen LogP contribution in [0.3, 0.4) is 0 Å². The highest BCUT2D eigenvalue weighted by molar-refractivity contribution is 5.85. The van der Waals surface area contributed by atoms with Gasteiger partial charge in [0.05, 0.1) is 5.69 Å². The smallest absolute Gasteiger partial charge is 0.0923 e. The maximum Gasteiger partial charge on any atom is 0.0923 e. The van der Waals surface area contributed by atoms with Crippen LogP contribution in [0.15, 0.2) is 36.4 Å². The van der Waals surface area contributed by atoms with E-state index < -0.39 is 0 Å². The summed E-state index contributed by atoms with van der Waals surface area (Å²) in [5.74, 6) is 0.640. The molecule has 4 heteroatoms. The van der Waals surface area contributed by atoms with E-state index in [1.54, 1.807) is 0 Å². The van der Waals surface area contributed by atoms with Crippen molar-refractivity contribution in [1.82, 2.24) is 15.5 Å². The van der Waals surface area contributed by atoms with Crippen LogP contribution in [0.25, 0.3) is 11.3 Å². The summed E-state index contributed by atoms with van der Waals surface area (Å²) in [4.78, 5) is 0. The van der Waals surface area contributed by atoms with Gasteiger partial charge in [-0.15, -0.1) is 12.4 Å². The molecule has 96 valence electrons. The second kappa shape index (κ2) is 6.03. The summed E-state index contributed by atoms with van der Waals surface area (Å²) in [6, 6.07) is 12.5. The summed E-state index contributed by atoms with van der Waals surface area (Å²) in [5.41, 5.74) is 3.52. The standard InChI is InChI=1S/C14H17N3.ClH/c1-2-4-11(5-3-1)13-10-14(17-16-13)12-6-8-15-9-7-12;/h1-5,10,12,15H,6-9H2,(H,16,17);1H. The molecule has 0 radical (unpaired) electrons. The van der Waals surface area contributed by atoms with Crippen molar-refractivity contribution < 1.29 is 0 Å². The maximum absolute atomic E-state index is 4.42. The van der Waals surface area contributed by atoms with Crippen molar-refractivity contribution in [2.45, 2.75) is 18.8 Å². The van der Waals surface area contributed by atoms with Gasteiger partial charge in [-0.25, -0.2) is 0 Å². The maximum atomic E-state index is 4.42. The summed E-state index contributed by atoms with van der Waals surface area (Å²) in [6.07, 6.45) is 2.41. The Morgan fingerprint density at radius 3 is 2.50 bits per heavy atom. The third-order valence-corrected chi connectivity index (χ3v) is 3.45. The zero-order valence-electron chi connectivity index (χ0n) is 10.2. The number of nitrogens with zero attached hydrogens (tertiary/aromatic N) is 1. The minimum absolute atomic E-state index is 0. The molecule has 1 aromatic heterocycles. The first-order valence-electron chi connectivity index (χ1n) is 6.25. The van der Waals surface area contributed by atoms with Gasteiger partial charge in [-0.2, -0.15) is 5.10 Å². The fraction of sp³-hybridized carbons (Fsp3) is 0.357. The van der Waals surface area contributed by atoms with E-state index in [2.05, 4.69) is 33.7 Å². The average molecular weight is 264 g/mol. The molecular formula is C14H18ClN3. The van der Waals surface area contributed by atoms with E-state index >= 15 is 0 Å². The first-order valence-corrected chi connectivity index (χ1v) is 6.25. The molecule has 0 amide bonds. The number of H-pyrrole nitrogens is 1. The van der Waals surface area contributed by atoms with Gasteiger partial charge in [0.25, 0.3) is 0 Å². The Kier molecular flexibility index (Phi) is 4.39. The number of hydrogen-bond acceptors (Lipinski definition) is 2. The average Bonchev–Trinajstić information content (AvgIpc) is 2.90. The minimum atomic E-state index is 0. The predicted octanol–water partition coefficient (Wildman–Crippen LogP) is 2.97. The summed E-state index contributed by atoms with van der Waals surface area (Å²) < 4.78 is 0. The molecule has 18 heavy (non-hydrogen) atoms. The largest absolute Gasteiger partial charge is 0.317 e. The highest BCUT2D eigenvalue weighted by Crippen LogP contribution is 2.26. The van der Waals surface area contributed by atoms with Gasteiger partial charge < -0.3 is 5.32 Å². The van der Waals surface area contributed by atoms with Crippen LogP contribution in [-0.2, 0) is 0 Å². The molecule has 0 atom stereocenters. The molecule has 2 aromatic rings. The van der Waals surface area contributed by atoms with E-state index in [0.717, 1.165) is 18.8 Å². The Balaban J connectivity index is 0.00000120. The third kappa shape index (κ3) is 2.74. The van der Waals surface area contributed by atoms with E-state index in [0.29, 0.717) is 5.92 Å². The van der Waals surface area contributed by atoms with E-state index in [-0.39, 0.29) is 12.4 Å². The highest BCUT2D eigenvalue weighted by atomic mass is 35.5. The molecule has 1 aliphatic rings. The van der Waals surface area contributed by atoms with Crippen molar-refractivity contribution in [3.05, 3.63) is 42.1 Å². The zero-order chi connectivity index (χ0) is 11.5. The lowest BCUT2D eigenvalue weighted by Gasteiger charge is -2.20. The lowest BCUT2D eigenvalue weighted by atomic mass is 9.94. The number of piperidine rings is 1. The van der Waals surface area contributed by atoms with E-state index in [9.17, 15) is 0 Å². The highest BCUT2D eigenvalue weighted by Gasteiger charge is 2.17. The van der Waals surface area contributed by atoms with Gasteiger partial charge in [-0.3, -0.25) is 5.10 Å². The van der Waals surface area contributed by atoms with Gasteiger partial charge in [-0.1, -0.05) is 30.3 Å². The Bertz CT molecular complexity index is 475. The summed E-state index contributed by atoms with van der Waals surface area (Å²) in [5, 5.41) is 11.0.